The lowest BCUT2D eigenvalue weighted by Crippen LogP contribution is -2.48. The normalized spacial score (nSPS) is 20.7. The second-order valence-electron chi connectivity index (χ2n) is 6.27. The monoisotopic (exact) mass is 286 g/mol. The first-order chi connectivity index (χ1) is 9.42. The molecule has 1 aliphatic rings. The van der Waals surface area contributed by atoms with Gasteiger partial charge in [-0.15, -0.1) is 0 Å². The van der Waals surface area contributed by atoms with Crippen LogP contribution in [0.25, 0.3) is 0 Å². The number of likely N-dealkylation sites (tertiary alicyclic amines) is 1. The van der Waals surface area contributed by atoms with E-state index in [1.165, 1.54) is 12.8 Å². The van der Waals surface area contributed by atoms with Crippen molar-refractivity contribution in [3.05, 3.63) is 0 Å². The van der Waals surface area contributed by atoms with Crippen molar-refractivity contribution in [1.29, 1.82) is 0 Å². The average Bonchev–Trinajstić information content (AvgIpc) is 2.36. The Labute approximate surface area is 123 Å². The Morgan fingerprint density at radius 1 is 1.35 bits per heavy atom. The predicted octanol–water partition coefficient (Wildman–Crippen LogP) is 2.40. The fourth-order valence-electron chi connectivity index (χ4n) is 2.43. The van der Waals surface area contributed by atoms with Crippen molar-refractivity contribution in [3.63, 3.8) is 0 Å². The van der Waals surface area contributed by atoms with Gasteiger partial charge in [0.2, 0.25) is 0 Å². The molecule has 0 aromatic carbocycles. The summed E-state index contributed by atoms with van der Waals surface area (Å²) >= 11 is 0. The lowest BCUT2D eigenvalue weighted by Gasteiger charge is -2.35. The van der Waals surface area contributed by atoms with Gasteiger partial charge in [-0.05, 0) is 47.1 Å². The number of amides is 1. The number of alkyl carbamates (subject to hydrolysis) is 1. The Morgan fingerprint density at radius 2 is 2.10 bits per heavy atom. The van der Waals surface area contributed by atoms with Crippen molar-refractivity contribution in [2.24, 2.45) is 0 Å². The van der Waals surface area contributed by atoms with Gasteiger partial charge in [0.15, 0.2) is 0 Å². The number of hydrogen-bond donors (Lipinski definition) is 1. The highest BCUT2D eigenvalue weighted by Crippen LogP contribution is 2.16. The molecule has 1 aliphatic heterocycles. The Bertz CT molecular complexity index is 289. The van der Waals surface area contributed by atoms with E-state index in [4.69, 9.17) is 9.47 Å². The number of rotatable bonds is 6. The zero-order valence-corrected chi connectivity index (χ0v) is 13.4. The van der Waals surface area contributed by atoms with Crippen molar-refractivity contribution in [2.45, 2.75) is 58.6 Å². The molecule has 0 saturated carbocycles. The summed E-state index contributed by atoms with van der Waals surface area (Å²) in [6.45, 7) is 11.8. The molecule has 1 heterocycles. The molecule has 0 aromatic heterocycles. The molecule has 1 unspecified atom stereocenters. The maximum Gasteiger partial charge on any atom is 0.407 e. The summed E-state index contributed by atoms with van der Waals surface area (Å²) in [5.41, 5.74) is -0.439. The first kappa shape index (κ1) is 17.2. The van der Waals surface area contributed by atoms with Crippen LogP contribution < -0.4 is 5.32 Å². The molecule has 0 aliphatic carbocycles. The molecule has 1 saturated heterocycles. The van der Waals surface area contributed by atoms with E-state index in [0.717, 1.165) is 32.7 Å². The standard InChI is InChI=1S/C15H30N2O3/c1-5-19-11-10-17-9-7-6-8-13(17)12-16-14(18)20-15(2,3)4/h13H,5-12H2,1-4H3,(H,16,18). The predicted molar refractivity (Wildman–Crippen MR) is 79.9 cm³/mol. The maximum atomic E-state index is 11.7. The highest BCUT2D eigenvalue weighted by molar-refractivity contribution is 5.67. The first-order valence-corrected chi connectivity index (χ1v) is 7.71. The van der Waals surface area contributed by atoms with Crippen LogP contribution >= 0.6 is 0 Å². The van der Waals surface area contributed by atoms with Crippen LogP contribution in [0.1, 0.15) is 47.0 Å². The third-order valence-electron chi connectivity index (χ3n) is 3.36. The topological polar surface area (TPSA) is 50.8 Å². The fraction of sp³-hybridized carbons (Fsp3) is 0.933. The van der Waals surface area contributed by atoms with Gasteiger partial charge in [0.1, 0.15) is 5.60 Å². The highest BCUT2D eigenvalue weighted by Gasteiger charge is 2.23. The zero-order valence-electron chi connectivity index (χ0n) is 13.4. The van der Waals surface area contributed by atoms with Crippen LogP contribution in [0, 0.1) is 0 Å². The van der Waals surface area contributed by atoms with Gasteiger partial charge in [-0.25, -0.2) is 4.79 Å². The molecule has 20 heavy (non-hydrogen) atoms. The number of ether oxygens (including phenoxy) is 2. The summed E-state index contributed by atoms with van der Waals surface area (Å²) in [5, 5.41) is 2.89. The molecule has 0 bridgehead atoms. The SMILES string of the molecule is CCOCCN1CCCCC1CNC(=O)OC(C)(C)C. The second-order valence-corrected chi connectivity index (χ2v) is 6.27. The van der Waals surface area contributed by atoms with Crippen molar-refractivity contribution in [2.75, 3.05) is 32.8 Å². The molecule has 5 nitrogen and oxygen atoms in total. The molecule has 0 radical (unpaired) electrons. The number of carbonyl (C=O) groups excluding carboxylic acids is 1. The molecule has 118 valence electrons. The van der Waals surface area contributed by atoms with Crippen LogP contribution in [0.3, 0.4) is 0 Å². The number of piperidine rings is 1. The van der Waals surface area contributed by atoms with Gasteiger partial charge >= 0.3 is 6.09 Å². The third-order valence-corrected chi connectivity index (χ3v) is 3.36. The molecular weight excluding hydrogens is 256 g/mol. The van der Waals surface area contributed by atoms with Crippen molar-refractivity contribution in [3.8, 4) is 0 Å². The lowest BCUT2D eigenvalue weighted by molar-refractivity contribution is 0.0469. The van der Waals surface area contributed by atoms with Crippen molar-refractivity contribution < 1.29 is 14.3 Å². The average molecular weight is 286 g/mol. The molecule has 5 heteroatoms. The summed E-state index contributed by atoms with van der Waals surface area (Å²) in [7, 11) is 0. The largest absolute Gasteiger partial charge is 0.444 e. The quantitative estimate of drug-likeness (QED) is 0.762. The summed E-state index contributed by atoms with van der Waals surface area (Å²) in [6.07, 6.45) is 3.26. The molecule has 1 amide bonds. The van der Waals surface area contributed by atoms with Gasteiger partial charge in [0.25, 0.3) is 0 Å². The molecular formula is C15H30N2O3. The Hall–Kier alpha value is -0.810. The van der Waals surface area contributed by atoms with Crippen LogP contribution in [0.15, 0.2) is 0 Å². The van der Waals surface area contributed by atoms with E-state index >= 15 is 0 Å². The van der Waals surface area contributed by atoms with Gasteiger partial charge in [0.05, 0.1) is 6.61 Å². The Morgan fingerprint density at radius 3 is 2.75 bits per heavy atom. The summed E-state index contributed by atoms with van der Waals surface area (Å²) < 4.78 is 10.7. The summed E-state index contributed by atoms with van der Waals surface area (Å²) in [4.78, 5) is 14.1. The fourth-order valence-corrected chi connectivity index (χ4v) is 2.43. The van der Waals surface area contributed by atoms with Gasteiger partial charge in [-0.1, -0.05) is 6.42 Å². The third kappa shape index (κ3) is 7.10. The van der Waals surface area contributed by atoms with Crippen LogP contribution in [-0.4, -0.2) is 55.5 Å². The minimum Gasteiger partial charge on any atom is -0.444 e. The minimum atomic E-state index is -0.439. The van der Waals surface area contributed by atoms with E-state index < -0.39 is 5.60 Å². The first-order valence-electron chi connectivity index (χ1n) is 7.71. The molecule has 1 atom stereocenters. The maximum absolute atomic E-state index is 11.7. The van der Waals surface area contributed by atoms with Crippen molar-refractivity contribution >= 4 is 6.09 Å². The van der Waals surface area contributed by atoms with Gasteiger partial charge in [-0.3, -0.25) is 4.90 Å². The number of hydrogen-bond acceptors (Lipinski definition) is 4. The van der Waals surface area contributed by atoms with E-state index in [0.29, 0.717) is 12.6 Å². The molecule has 1 N–H and O–H groups in total. The number of nitrogens with one attached hydrogen (secondary N) is 1. The zero-order chi connectivity index (χ0) is 15.0. The highest BCUT2D eigenvalue weighted by atomic mass is 16.6. The number of nitrogens with zero attached hydrogens (tertiary/aromatic N) is 1. The second kappa shape index (κ2) is 8.47. The van der Waals surface area contributed by atoms with Crippen molar-refractivity contribution in [1.82, 2.24) is 10.2 Å². The smallest absolute Gasteiger partial charge is 0.407 e. The summed E-state index contributed by atoms with van der Waals surface area (Å²) in [5.74, 6) is 0. The van der Waals surface area contributed by atoms with Crippen LogP contribution in [0.2, 0.25) is 0 Å². The Kier molecular flexibility index (Phi) is 7.30. The van der Waals surface area contributed by atoms with Gasteiger partial charge in [-0.2, -0.15) is 0 Å². The van der Waals surface area contributed by atoms with E-state index in [1.807, 2.05) is 27.7 Å². The molecule has 0 spiro atoms. The summed E-state index contributed by atoms with van der Waals surface area (Å²) in [6, 6.07) is 0.400. The van der Waals surface area contributed by atoms with Gasteiger partial charge < -0.3 is 14.8 Å². The molecule has 1 fully saturated rings. The van der Waals surface area contributed by atoms with Crippen LogP contribution in [-0.2, 0) is 9.47 Å². The van der Waals surface area contributed by atoms with E-state index in [9.17, 15) is 4.79 Å². The number of carbonyl (C=O) groups is 1. The molecule has 1 rings (SSSR count). The Balaban J connectivity index is 2.33. The van der Waals surface area contributed by atoms with Crippen LogP contribution in [0.4, 0.5) is 4.79 Å². The van der Waals surface area contributed by atoms with E-state index in [-0.39, 0.29) is 6.09 Å². The lowest BCUT2D eigenvalue weighted by atomic mass is 10.0. The molecule has 0 aromatic rings. The van der Waals surface area contributed by atoms with Gasteiger partial charge in [0, 0.05) is 25.7 Å². The minimum absolute atomic E-state index is 0.326. The van der Waals surface area contributed by atoms with E-state index in [1.54, 1.807) is 0 Å². The van der Waals surface area contributed by atoms with E-state index in [2.05, 4.69) is 10.2 Å². The van der Waals surface area contributed by atoms with Crippen LogP contribution in [0.5, 0.6) is 0 Å².